The molecular formula is C17H20IN4O8P. The van der Waals surface area contributed by atoms with Crippen molar-refractivity contribution < 1.29 is 33.3 Å². The Hall–Kier alpha value is -1.74. The van der Waals surface area contributed by atoms with Gasteiger partial charge in [0, 0.05) is 13.0 Å². The summed E-state index contributed by atoms with van der Waals surface area (Å²) in [6.45, 7) is 0.211. The number of aliphatic hydroxyl groups excluding tert-OH is 1. The molecule has 3 heterocycles. The summed E-state index contributed by atoms with van der Waals surface area (Å²) >= 11 is 1.29. The van der Waals surface area contributed by atoms with Crippen molar-refractivity contribution in [2.45, 2.75) is 24.9 Å². The first-order valence-corrected chi connectivity index (χ1v) is 13.7. The Morgan fingerprint density at radius 2 is 2.23 bits per heavy atom. The minimum atomic E-state index is -3.84. The zero-order valence-electron chi connectivity index (χ0n) is 16.0. The van der Waals surface area contributed by atoms with Gasteiger partial charge in [-0.25, -0.2) is 9.36 Å². The molecule has 1 aromatic carbocycles. The van der Waals surface area contributed by atoms with Crippen LogP contribution >= 0.6 is 27.3 Å². The van der Waals surface area contributed by atoms with Gasteiger partial charge in [0.25, 0.3) is 0 Å². The van der Waals surface area contributed by atoms with Crippen molar-refractivity contribution in [2.24, 2.45) is 5.73 Å². The monoisotopic (exact) mass is 566 g/mol. The minimum Gasteiger partial charge on any atom is -0.490 e. The maximum Gasteiger partial charge on any atom is 0.386 e. The van der Waals surface area contributed by atoms with Gasteiger partial charge < -0.3 is 35.3 Å². The topological polar surface area (TPSA) is 167 Å². The normalized spacial score (nSPS) is 23.8. The number of hydrogen-bond acceptors (Lipinski definition) is 10. The molecule has 1 fully saturated rings. The molecule has 4 rings (SSSR count). The fraction of sp³-hybridized carbons (Fsp3) is 0.412. The van der Waals surface area contributed by atoms with Crippen LogP contribution in [-0.2, 0) is 13.8 Å². The minimum absolute atomic E-state index is 0.0697. The molecule has 0 spiro atoms. The zero-order valence-corrected chi connectivity index (χ0v) is 19.1. The Balaban J connectivity index is 1.60. The Morgan fingerprint density at radius 1 is 1.42 bits per heavy atom. The Labute approximate surface area is 189 Å². The summed E-state index contributed by atoms with van der Waals surface area (Å²) in [6.07, 6.45) is -1.10. The summed E-state index contributed by atoms with van der Waals surface area (Å²) in [6, 6.07) is 5.23. The lowest BCUT2D eigenvalue weighted by molar-refractivity contribution is -0.0425. The van der Waals surface area contributed by atoms with Crippen LogP contribution in [0.3, 0.4) is 0 Å². The summed E-state index contributed by atoms with van der Waals surface area (Å²) < 4.78 is 35.1. The smallest absolute Gasteiger partial charge is 0.386 e. The first-order valence-electron chi connectivity index (χ1n) is 9.30. The van der Waals surface area contributed by atoms with Gasteiger partial charge in [0.15, 0.2) is 17.3 Å². The molecule has 14 heteroatoms. The van der Waals surface area contributed by atoms with Gasteiger partial charge in [0.2, 0.25) is 0 Å². The van der Waals surface area contributed by atoms with Crippen molar-refractivity contribution >= 4 is 38.8 Å². The Kier molecular flexibility index (Phi) is 6.53. The van der Waals surface area contributed by atoms with Gasteiger partial charge in [-0.05, 0) is 12.1 Å². The van der Waals surface area contributed by atoms with Crippen molar-refractivity contribution in [3.05, 3.63) is 34.9 Å². The second kappa shape index (κ2) is 9.02. The molecule has 1 saturated heterocycles. The largest absolute Gasteiger partial charge is 0.490 e. The predicted octanol–water partition coefficient (Wildman–Crippen LogP) is 1.63. The maximum absolute atomic E-state index is 12.7. The van der Waals surface area contributed by atoms with E-state index in [4.69, 9.17) is 24.5 Å². The lowest BCUT2D eigenvalue weighted by Gasteiger charge is -2.24. The summed E-state index contributed by atoms with van der Waals surface area (Å²) in [7, 11) is 0. The number of para-hydroxylation sites is 1. The number of benzene rings is 1. The van der Waals surface area contributed by atoms with Crippen LogP contribution in [0.15, 0.2) is 29.2 Å². The van der Waals surface area contributed by atoms with Crippen LogP contribution < -0.4 is 26.2 Å². The fourth-order valence-electron chi connectivity index (χ4n) is 3.38. The second-order valence-corrected chi connectivity index (χ2v) is 11.6. The SMILES string of the molecule is NCCOc1cccc2c1Nc1nc(=O)n([C@H]3C[C@@H](OP(=O)(O)I)[C@@H](CO)O3)cc1O2. The number of anilines is 2. The number of nitrogens with one attached hydrogen (secondary N) is 1. The molecule has 1 aromatic heterocycles. The first-order chi connectivity index (χ1) is 14.8. The number of aromatic nitrogens is 2. The van der Waals surface area contributed by atoms with Crippen LogP contribution in [0.2, 0.25) is 0 Å². The highest BCUT2D eigenvalue weighted by molar-refractivity contribution is 14.2. The van der Waals surface area contributed by atoms with E-state index in [1.807, 2.05) is 0 Å². The molecule has 0 amide bonds. The van der Waals surface area contributed by atoms with Crippen LogP contribution in [-0.4, -0.2) is 51.5 Å². The number of ether oxygens (including phenoxy) is 3. The van der Waals surface area contributed by atoms with Gasteiger partial charge in [-0.1, -0.05) is 6.07 Å². The number of nitrogens with two attached hydrogens (primary N) is 1. The molecule has 1 unspecified atom stereocenters. The van der Waals surface area contributed by atoms with E-state index in [0.717, 1.165) is 0 Å². The zero-order chi connectivity index (χ0) is 22.2. The van der Waals surface area contributed by atoms with Gasteiger partial charge in [-0.2, -0.15) is 4.98 Å². The molecule has 0 saturated carbocycles. The molecule has 31 heavy (non-hydrogen) atoms. The van der Waals surface area contributed by atoms with E-state index in [0.29, 0.717) is 30.3 Å². The van der Waals surface area contributed by atoms with Crippen molar-refractivity contribution in [1.29, 1.82) is 0 Å². The van der Waals surface area contributed by atoms with Gasteiger partial charge in [-0.15, -0.1) is 0 Å². The standard InChI is InChI=1S/C17H20IN4O8P/c18-31(25,26)30-11-6-14(29-13(11)8-23)22-7-12-16(21-17(22)24)20-15-9(27-5-4-19)2-1-3-10(15)28-12/h1-3,7,11,13-14,23H,4-6,8,19H2,(H,25,26)(H,20,21,24)/t11-,13-,14-/m1/s1. The van der Waals surface area contributed by atoms with Crippen LogP contribution in [0.25, 0.3) is 0 Å². The van der Waals surface area contributed by atoms with Gasteiger partial charge >= 0.3 is 10.9 Å². The molecule has 2 aliphatic rings. The lowest BCUT2D eigenvalue weighted by Crippen LogP contribution is -2.29. The third-order valence-corrected chi connectivity index (χ3v) is 5.89. The van der Waals surface area contributed by atoms with Crippen LogP contribution in [0.4, 0.5) is 11.5 Å². The average Bonchev–Trinajstić information content (AvgIpc) is 3.11. The third-order valence-electron chi connectivity index (χ3n) is 4.68. The molecule has 0 bridgehead atoms. The fourth-order valence-corrected chi connectivity index (χ4v) is 4.81. The third kappa shape index (κ3) is 4.87. The number of aliphatic hydroxyl groups is 1. The van der Waals surface area contributed by atoms with Crippen molar-refractivity contribution in [2.75, 3.05) is 25.1 Å². The van der Waals surface area contributed by atoms with E-state index in [1.165, 1.54) is 32.8 Å². The van der Waals surface area contributed by atoms with Crippen LogP contribution in [0.1, 0.15) is 12.6 Å². The van der Waals surface area contributed by atoms with Crippen LogP contribution in [0, 0.1) is 0 Å². The number of hydrogen-bond donors (Lipinski definition) is 4. The van der Waals surface area contributed by atoms with E-state index < -0.39 is 36.0 Å². The highest BCUT2D eigenvalue weighted by Crippen LogP contribution is 2.54. The maximum atomic E-state index is 12.7. The van der Waals surface area contributed by atoms with Crippen molar-refractivity contribution in [3.8, 4) is 17.2 Å². The summed E-state index contributed by atoms with van der Waals surface area (Å²) in [5.74, 6) is 1.46. The van der Waals surface area contributed by atoms with Gasteiger partial charge in [0.1, 0.15) is 36.5 Å². The van der Waals surface area contributed by atoms with Gasteiger partial charge in [0.05, 0.1) is 34.8 Å². The number of rotatable bonds is 7. The molecule has 12 nitrogen and oxygen atoms in total. The molecule has 168 valence electrons. The second-order valence-electron chi connectivity index (χ2n) is 6.78. The van der Waals surface area contributed by atoms with Crippen LogP contribution in [0.5, 0.6) is 17.2 Å². The molecule has 2 aromatic rings. The molecular weight excluding hydrogens is 546 g/mol. The molecule has 0 aliphatic carbocycles. The highest BCUT2D eigenvalue weighted by atomic mass is 127. The number of fused-ring (bicyclic) bond motifs is 2. The molecule has 2 aliphatic heterocycles. The number of halogens is 1. The number of nitrogens with zero attached hydrogens (tertiary/aromatic N) is 2. The average molecular weight is 566 g/mol. The first kappa shape index (κ1) is 22.5. The summed E-state index contributed by atoms with van der Waals surface area (Å²) in [5, 5.41) is 8.72. The van der Waals surface area contributed by atoms with E-state index in [9.17, 15) is 19.4 Å². The predicted molar refractivity (Wildman–Crippen MR) is 117 cm³/mol. The van der Waals surface area contributed by atoms with E-state index in [2.05, 4.69) is 10.3 Å². The summed E-state index contributed by atoms with van der Waals surface area (Å²) in [4.78, 5) is 26.2. The highest BCUT2D eigenvalue weighted by Gasteiger charge is 2.40. The molecule has 0 radical (unpaired) electrons. The molecule has 5 N–H and O–H groups in total. The Bertz CT molecular complexity index is 1080. The Morgan fingerprint density at radius 3 is 2.94 bits per heavy atom. The van der Waals surface area contributed by atoms with Gasteiger partial charge in [-0.3, -0.25) is 9.09 Å². The van der Waals surface area contributed by atoms with E-state index >= 15 is 0 Å². The lowest BCUT2D eigenvalue weighted by atomic mass is 10.2. The summed E-state index contributed by atoms with van der Waals surface area (Å²) in [5.41, 5.74) is 5.38. The van der Waals surface area contributed by atoms with E-state index in [1.54, 1.807) is 18.2 Å². The van der Waals surface area contributed by atoms with Crippen molar-refractivity contribution in [1.82, 2.24) is 9.55 Å². The van der Waals surface area contributed by atoms with E-state index in [-0.39, 0.29) is 18.0 Å². The quantitative estimate of drug-likeness (QED) is 0.243. The van der Waals surface area contributed by atoms with Crippen molar-refractivity contribution in [3.63, 3.8) is 0 Å². The molecule has 4 atom stereocenters.